The molecule has 76 valence electrons. The Labute approximate surface area is 83.5 Å². The molecular formula is C8H15NO3S. The highest BCUT2D eigenvalue weighted by Crippen LogP contribution is 2.04. The van der Waals surface area contributed by atoms with Crippen molar-refractivity contribution in [3.8, 4) is 0 Å². The van der Waals surface area contributed by atoms with Crippen molar-refractivity contribution >= 4 is 23.6 Å². The molecule has 0 saturated carbocycles. The van der Waals surface area contributed by atoms with E-state index in [0.717, 1.165) is 5.75 Å². The average molecular weight is 206 g/mol. The number of amides is 1. The predicted octanol–water partition coefficient (Wildman–Crippen LogP) is 0.719. The van der Waals surface area contributed by atoms with Gasteiger partial charge in [-0.1, -0.05) is 6.92 Å². The number of nitrogens with one attached hydrogen (secondary N) is 1. The van der Waals surface area contributed by atoms with E-state index in [-0.39, 0.29) is 0 Å². The fourth-order valence-electron chi connectivity index (χ4n) is 0.797. The lowest BCUT2D eigenvalue weighted by atomic mass is 10.2. The van der Waals surface area contributed by atoms with E-state index in [9.17, 15) is 9.59 Å². The molecule has 1 atom stereocenters. The van der Waals surface area contributed by atoms with E-state index in [1.54, 1.807) is 11.8 Å². The van der Waals surface area contributed by atoms with Gasteiger partial charge in [0.15, 0.2) is 0 Å². The Kier molecular flexibility index (Phi) is 5.40. The molecule has 0 aromatic rings. The average Bonchev–Trinajstić information content (AvgIpc) is 2.16. The molecule has 0 fully saturated rings. The number of carbonyl (C=O) groups is 2. The summed E-state index contributed by atoms with van der Waals surface area (Å²) in [7, 11) is 0. The molecule has 0 spiro atoms. The van der Waals surface area contributed by atoms with Gasteiger partial charge in [-0.3, -0.25) is 4.79 Å². The third-order valence-electron chi connectivity index (χ3n) is 1.39. The Bertz CT molecular complexity index is 201. The number of rotatable bonds is 6. The minimum atomic E-state index is -1.04. The summed E-state index contributed by atoms with van der Waals surface area (Å²) in [6.45, 7) is 1.56. The number of carboxylic acid groups (broad SMARTS) is 1. The van der Waals surface area contributed by atoms with Crippen molar-refractivity contribution in [2.75, 3.05) is 11.5 Å². The zero-order chi connectivity index (χ0) is 11.0. The Morgan fingerprint density at radius 1 is 1.69 bits per heavy atom. The quantitative estimate of drug-likeness (QED) is 0.628. The van der Waals surface area contributed by atoms with Gasteiger partial charge >= 0.3 is 5.97 Å². The molecule has 0 unspecified atom stereocenters. The van der Waals surface area contributed by atoms with Crippen LogP contribution in [0.4, 0.5) is 0 Å². The Hall–Kier alpha value is -0.710. The third-order valence-corrected chi connectivity index (χ3v) is 2.32. The van der Waals surface area contributed by atoms with Gasteiger partial charge in [-0.15, -0.1) is 0 Å². The minimum absolute atomic E-state index is 0.402. The second-order valence-electron chi connectivity index (χ2n) is 2.44. The molecule has 0 aliphatic rings. The van der Waals surface area contributed by atoms with Crippen molar-refractivity contribution in [3.63, 3.8) is 0 Å². The van der Waals surface area contributed by atoms with Gasteiger partial charge in [-0.25, -0.2) is 4.79 Å². The van der Waals surface area contributed by atoms with Gasteiger partial charge < -0.3 is 10.4 Å². The number of hydrogen-bond donors (Lipinski definition) is 2. The maximum Gasteiger partial charge on any atom is 0.326 e. The lowest BCUT2D eigenvalue weighted by Crippen LogP contribution is -2.39. The van der Waals surface area contributed by atoms with E-state index in [0.29, 0.717) is 12.2 Å². The molecule has 0 saturated heterocycles. The van der Waals surface area contributed by atoms with Gasteiger partial charge in [-0.2, -0.15) is 11.8 Å². The van der Waals surface area contributed by atoms with Gasteiger partial charge in [0.2, 0.25) is 5.91 Å². The maximum absolute atomic E-state index is 10.8. The van der Waals surface area contributed by atoms with Crippen LogP contribution in [-0.2, 0) is 9.59 Å². The SMILES string of the molecule is [2H]CC(=O)N[C@@H](CCSCC)C(=O)O. The molecule has 0 bridgehead atoms. The van der Waals surface area contributed by atoms with Gasteiger partial charge in [-0.05, 0) is 17.9 Å². The van der Waals surface area contributed by atoms with Crippen LogP contribution in [0.3, 0.4) is 0 Å². The number of carboxylic acids is 1. The Morgan fingerprint density at radius 2 is 2.38 bits per heavy atom. The zero-order valence-corrected chi connectivity index (χ0v) is 8.39. The second kappa shape index (κ2) is 6.77. The van der Waals surface area contributed by atoms with Gasteiger partial charge in [0.1, 0.15) is 6.04 Å². The highest BCUT2D eigenvalue weighted by atomic mass is 32.2. The van der Waals surface area contributed by atoms with Crippen molar-refractivity contribution in [3.05, 3.63) is 0 Å². The number of aliphatic carboxylic acids is 1. The Balaban J connectivity index is 3.90. The molecule has 0 radical (unpaired) electrons. The van der Waals surface area contributed by atoms with Crippen LogP contribution < -0.4 is 5.32 Å². The highest BCUT2D eigenvalue weighted by molar-refractivity contribution is 7.99. The van der Waals surface area contributed by atoms with Crippen molar-refractivity contribution in [1.29, 1.82) is 0 Å². The first-order chi connectivity index (χ1) is 6.61. The van der Waals surface area contributed by atoms with E-state index < -0.39 is 24.8 Å². The molecule has 2 N–H and O–H groups in total. The summed E-state index contributed by atoms with van der Waals surface area (Å²) < 4.78 is 6.75. The van der Waals surface area contributed by atoms with Crippen LogP contribution in [-0.4, -0.2) is 34.5 Å². The van der Waals surface area contributed by atoms with Crippen molar-refractivity contribution < 1.29 is 16.1 Å². The largest absolute Gasteiger partial charge is 0.480 e. The molecule has 0 aromatic carbocycles. The van der Waals surface area contributed by atoms with Crippen LogP contribution in [0.15, 0.2) is 0 Å². The van der Waals surface area contributed by atoms with Crippen molar-refractivity contribution in [2.24, 2.45) is 0 Å². The van der Waals surface area contributed by atoms with Crippen LogP contribution in [0.1, 0.15) is 21.6 Å². The first kappa shape index (κ1) is 10.4. The van der Waals surface area contributed by atoms with Gasteiger partial charge in [0.25, 0.3) is 0 Å². The zero-order valence-electron chi connectivity index (χ0n) is 8.58. The van der Waals surface area contributed by atoms with E-state index in [1.807, 2.05) is 6.92 Å². The molecule has 13 heavy (non-hydrogen) atoms. The molecule has 4 nitrogen and oxygen atoms in total. The number of thioether (sulfide) groups is 1. The summed E-state index contributed by atoms with van der Waals surface area (Å²) in [4.78, 5) is 21.5. The molecule has 0 aliphatic heterocycles. The van der Waals surface area contributed by atoms with Gasteiger partial charge in [0.05, 0.1) is 0 Å². The predicted molar refractivity (Wildman–Crippen MR) is 52.9 cm³/mol. The summed E-state index contributed by atoms with van der Waals surface area (Å²) in [6.07, 6.45) is 0.402. The fraction of sp³-hybridized carbons (Fsp3) is 0.750. The molecule has 0 aromatic heterocycles. The monoisotopic (exact) mass is 206 g/mol. The molecule has 0 aliphatic carbocycles. The maximum atomic E-state index is 10.8. The van der Waals surface area contributed by atoms with Crippen molar-refractivity contribution in [1.82, 2.24) is 5.32 Å². The summed E-state index contributed by atoms with van der Waals surface area (Å²) in [5, 5.41) is 11.0. The van der Waals surface area contributed by atoms with Crippen molar-refractivity contribution in [2.45, 2.75) is 26.3 Å². The standard InChI is InChI=1S/C8H15NO3S/c1-3-13-5-4-7(8(11)12)9-6(2)10/h7H,3-5H2,1-2H3,(H,9,10)(H,11,12)/t7-/m0/s1/i2D. The molecule has 0 rings (SSSR count). The second-order valence-corrected chi connectivity index (χ2v) is 3.84. The molecule has 0 heterocycles. The lowest BCUT2D eigenvalue weighted by molar-refractivity contribution is -0.141. The number of hydrogen-bond acceptors (Lipinski definition) is 3. The number of carbonyl (C=O) groups excluding carboxylic acids is 1. The molecular weight excluding hydrogens is 190 g/mol. The highest BCUT2D eigenvalue weighted by Gasteiger charge is 2.17. The fourth-order valence-corrected chi connectivity index (χ4v) is 1.49. The van der Waals surface area contributed by atoms with Crippen LogP contribution in [0, 0.1) is 0 Å². The topological polar surface area (TPSA) is 66.4 Å². The minimum Gasteiger partial charge on any atom is -0.480 e. The first-order valence-corrected chi connectivity index (χ1v) is 5.16. The third kappa shape index (κ3) is 6.45. The van der Waals surface area contributed by atoms with Crippen LogP contribution in [0.5, 0.6) is 0 Å². The molecule has 5 heteroatoms. The normalized spacial score (nSPS) is 13.2. The lowest BCUT2D eigenvalue weighted by Gasteiger charge is -2.11. The van der Waals surface area contributed by atoms with E-state index >= 15 is 0 Å². The summed E-state index contributed by atoms with van der Waals surface area (Å²) in [5.74, 6) is 0.0483. The summed E-state index contributed by atoms with van der Waals surface area (Å²) >= 11 is 1.63. The van der Waals surface area contributed by atoms with E-state index in [4.69, 9.17) is 6.48 Å². The van der Waals surface area contributed by atoms with Gasteiger partial charge in [0, 0.05) is 8.27 Å². The Morgan fingerprint density at radius 3 is 2.85 bits per heavy atom. The van der Waals surface area contributed by atoms with Crippen LogP contribution in [0.25, 0.3) is 0 Å². The van der Waals surface area contributed by atoms with E-state index in [1.165, 1.54) is 0 Å². The first-order valence-electron chi connectivity index (χ1n) is 4.71. The van der Waals surface area contributed by atoms with Crippen LogP contribution >= 0.6 is 11.8 Å². The summed E-state index contributed by atoms with van der Waals surface area (Å²) in [5.41, 5.74) is 0. The van der Waals surface area contributed by atoms with Crippen LogP contribution in [0.2, 0.25) is 0 Å². The summed E-state index contributed by atoms with van der Waals surface area (Å²) in [6, 6.07) is -0.855. The smallest absolute Gasteiger partial charge is 0.326 e. The van der Waals surface area contributed by atoms with E-state index in [2.05, 4.69) is 5.32 Å². The molecule has 1 amide bonds.